The Labute approximate surface area is 412 Å². The molecule has 360 valence electrons. The molecule has 8 bridgehead atoms. The maximum absolute atomic E-state index is 12.0. The van der Waals surface area contributed by atoms with Gasteiger partial charge in [-0.1, -0.05) is 97.1 Å². The summed E-state index contributed by atoms with van der Waals surface area (Å²) in [7, 11) is -7.52. The fourth-order valence-electron chi connectivity index (χ4n) is 9.85. The summed E-state index contributed by atoms with van der Waals surface area (Å²) in [6.45, 7) is 0. The molecule has 0 fully saturated rings. The number of rotatable bonds is 8. The summed E-state index contributed by atoms with van der Waals surface area (Å²) in [5.41, 5.74) is 1.76. The van der Waals surface area contributed by atoms with E-state index in [0.717, 1.165) is 24.3 Å². The van der Waals surface area contributed by atoms with Crippen molar-refractivity contribution in [3.63, 3.8) is 0 Å². The zero-order valence-corrected chi connectivity index (χ0v) is 37.6. The van der Waals surface area contributed by atoms with Crippen LogP contribution in [-0.4, -0.2) is 110 Å². The fourth-order valence-corrected chi connectivity index (χ4v) is 9.85. The molecule has 0 spiro atoms. The van der Waals surface area contributed by atoms with Crippen LogP contribution in [0.2, 0.25) is 0 Å². The predicted molar refractivity (Wildman–Crippen MR) is 268 cm³/mol. The third kappa shape index (κ3) is 9.04. The van der Waals surface area contributed by atoms with Crippen molar-refractivity contribution in [3.05, 3.63) is 212 Å². The van der Waals surface area contributed by atoms with Crippen molar-refractivity contribution in [3.8, 4) is 46.0 Å². The second-order valence-corrected chi connectivity index (χ2v) is 17.8. The number of hydrogen-bond acceptors (Lipinski definition) is 16. The lowest BCUT2D eigenvalue weighted by Crippen LogP contribution is -2.29. The Kier molecular flexibility index (Phi) is 13.2. The highest BCUT2D eigenvalue weighted by Crippen LogP contribution is 2.53. The summed E-state index contributed by atoms with van der Waals surface area (Å²) >= 11 is 0. The van der Waals surface area contributed by atoms with Gasteiger partial charge in [0, 0.05) is 92.4 Å². The van der Waals surface area contributed by atoms with Crippen molar-refractivity contribution in [2.24, 2.45) is 0 Å². The van der Waals surface area contributed by atoms with Crippen LogP contribution in [-0.2, 0) is 0 Å². The standard InChI is InChI=1S/C52H44B4O16/c57-41-21-43(59)35-17-33(41)49(25-1-9-29(10-2-25)53(65)66)34-18-36(44(60)22-42(34)58)51(27-5-13-31(14-6-27)55(69)70)38-20-40(48(64)24-46(38)62)52(28-7-15-32(16-8-28)56(71)72)39-19-37(45(61)23-47(39)63)50(35)26-3-11-30(12-4-26)54(67)68/h1-24,49-52,57-72H. The molecule has 9 rings (SSSR count). The zero-order valence-electron chi connectivity index (χ0n) is 37.6. The lowest BCUT2D eigenvalue weighted by molar-refractivity contribution is 0.424. The summed E-state index contributed by atoms with van der Waals surface area (Å²) < 4.78 is 0. The maximum Gasteiger partial charge on any atom is 0.488 e. The molecule has 0 aliphatic heterocycles. The van der Waals surface area contributed by atoms with Gasteiger partial charge in [0.05, 0.1) is 0 Å². The van der Waals surface area contributed by atoms with Gasteiger partial charge in [-0.2, -0.15) is 0 Å². The van der Waals surface area contributed by atoms with Gasteiger partial charge in [0.15, 0.2) is 0 Å². The van der Waals surface area contributed by atoms with E-state index < -0.39 is 98.1 Å². The van der Waals surface area contributed by atoms with Gasteiger partial charge in [-0.15, -0.1) is 0 Å². The van der Waals surface area contributed by atoms with Gasteiger partial charge in [0.2, 0.25) is 0 Å². The van der Waals surface area contributed by atoms with Crippen molar-refractivity contribution in [2.45, 2.75) is 23.7 Å². The molecule has 1 aliphatic carbocycles. The van der Waals surface area contributed by atoms with E-state index in [1.54, 1.807) is 0 Å². The first-order valence-corrected chi connectivity index (χ1v) is 22.4. The first-order chi connectivity index (χ1) is 34.3. The fraction of sp³-hybridized carbons (Fsp3) is 0.0769. The van der Waals surface area contributed by atoms with E-state index in [0.29, 0.717) is 22.3 Å². The Morgan fingerprint density at radius 1 is 0.208 bits per heavy atom. The highest BCUT2D eigenvalue weighted by molar-refractivity contribution is 6.59. The average molecular weight is 968 g/mol. The van der Waals surface area contributed by atoms with Crippen molar-refractivity contribution in [1.29, 1.82) is 0 Å². The van der Waals surface area contributed by atoms with Gasteiger partial charge in [0.25, 0.3) is 0 Å². The van der Waals surface area contributed by atoms with Crippen molar-refractivity contribution >= 4 is 50.3 Å². The van der Waals surface area contributed by atoms with Crippen molar-refractivity contribution < 1.29 is 81.0 Å². The van der Waals surface area contributed by atoms with Gasteiger partial charge in [-0.05, 0) is 68.4 Å². The molecular weight excluding hydrogens is 924 g/mol. The van der Waals surface area contributed by atoms with Crippen LogP contribution in [0.5, 0.6) is 46.0 Å². The molecule has 72 heavy (non-hydrogen) atoms. The van der Waals surface area contributed by atoms with Crippen LogP contribution in [0.1, 0.15) is 90.4 Å². The molecule has 0 saturated heterocycles. The van der Waals surface area contributed by atoms with Crippen molar-refractivity contribution in [1.82, 2.24) is 0 Å². The number of benzene rings is 8. The second kappa shape index (κ2) is 19.4. The number of fused-ring (bicyclic) bond motifs is 8. The van der Waals surface area contributed by atoms with E-state index in [9.17, 15) is 81.0 Å². The Hall–Kier alpha value is -7.90. The Bertz CT molecular complexity index is 2770. The predicted octanol–water partition coefficient (Wildman–Crippen LogP) is 1.08. The second-order valence-electron chi connectivity index (χ2n) is 17.8. The van der Waals surface area contributed by atoms with Crippen LogP contribution in [0.4, 0.5) is 0 Å². The molecule has 8 aromatic carbocycles. The topological polar surface area (TPSA) is 324 Å². The molecule has 0 aromatic heterocycles. The third-order valence-electron chi connectivity index (χ3n) is 13.5. The lowest BCUT2D eigenvalue weighted by atomic mass is 9.73. The van der Waals surface area contributed by atoms with Crippen molar-refractivity contribution in [2.75, 3.05) is 0 Å². The largest absolute Gasteiger partial charge is 0.507 e. The molecular formula is C52H44B4O16. The smallest absolute Gasteiger partial charge is 0.488 e. The van der Waals surface area contributed by atoms with Crippen LogP contribution < -0.4 is 21.9 Å². The van der Waals surface area contributed by atoms with Crippen LogP contribution in [0, 0.1) is 0 Å². The first-order valence-electron chi connectivity index (χ1n) is 22.4. The van der Waals surface area contributed by atoms with Crippen LogP contribution in [0.3, 0.4) is 0 Å². The van der Waals surface area contributed by atoms with Gasteiger partial charge < -0.3 is 81.0 Å². The summed E-state index contributed by atoms with van der Waals surface area (Å²) in [4.78, 5) is 0. The van der Waals surface area contributed by atoms with Gasteiger partial charge >= 0.3 is 28.5 Å². The summed E-state index contributed by atoms with van der Waals surface area (Å²) in [5.74, 6) is -9.09. The summed E-state index contributed by atoms with van der Waals surface area (Å²) in [5, 5.41) is 176. The normalized spacial score (nSPS) is 16.2. The van der Waals surface area contributed by atoms with Gasteiger partial charge in [0.1, 0.15) is 46.0 Å². The van der Waals surface area contributed by atoms with Crippen LogP contribution in [0.25, 0.3) is 0 Å². The number of aromatic hydroxyl groups is 8. The SMILES string of the molecule is OB(O)c1ccc(C2c3cc(c(O)cc3O)C(c3ccc(B(O)O)cc3)c3cc(c(O)cc3O)C(c3ccc(B(O)O)cc3)c3cc(c(O)cc3O)C(c3ccc(B(O)O)cc3)c3cc2c(O)cc3O)cc1. The highest BCUT2D eigenvalue weighted by Gasteiger charge is 2.36. The average Bonchev–Trinajstić information content (AvgIpc) is 3.34. The highest BCUT2D eigenvalue weighted by atomic mass is 16.4. The molecule has 16 N–H and O–H groups in total. The molecule has 0 unspecified atom stereocenters. The Morgan fingerprint density at radius 2 is 0.347 bits per heavy atom. The van der Waals surface area contributed by atoms with Crippen LogP contribution >= 0.6 is 0 Å². The third-order valence-corrected chi connectivity index (χ3v) is 13.5. The van der Waals surface area contributed by atoms with Crippen LogP contribution in [0.15, 0.2) is 146 Å². The van der Waals surface area contributed by atoms with E-state index in [-0.39, 0.29) is 66.4 Å². The van der Waals surface area contributed by atoms with E-state index >= 15 is 0 Å². The molecule has 0 radical (unpaired) electrons. The lowest BCUT2D eigenvalue weighted by Gasteiger charge is -2.30. The number of phenols is 8. The van der Waals surface area contributed by atoms with Gasteiger partial charge in [-0.3, -0.25) is 0 Å². The molecule has 0 heterocycles. The van der Waals surface area contributed by atoms with E-state index in [2.05, 4.69) is 0 Å². The monoisotopic (exact) mass is 968 g/mol. The number of phenolic OH excluding ortho intramolecular Hbond substituents is 8. The minimum Gasteiger partial charge on any atom is -0.507 e. The zero-order chi connectivity index (χ0) is 51.4. The maximum atomic E-state index is 12.0. The molecule has 8 aromatic rings. The quantitative estimate of drug-likeness (QED) is 0.0948. The summed E-state index contributed by atoms with van der Waals surface area (Å²) in [6, 6.07) is 33.1. The molecule has 0 saturated carbocycles. The van der Waals surface area contributed by atoms with E-state index in [1.165, 1.54) is 121 Å². The Morgan fingerprint density at radius 3 is 0.472 bits per heavy atom. The molecule has 1 aliphatic rings. The van der Waals surface area contributed by atoms with E-state index in [4.69, 9.17) is 0 Å². The van der Waals surface area contributed by atoms with E-state index in [1.807, 2.05) is 0 Å². The minimum atomic E-state index is -1.88. The number of hydrogen-bond donors (Lipinski definition) is 16. The minimum absolute atomic E-state index is 0.0154. The molecule has 20 heteroatoms. The first kappa shape index (κ1) is 49.1. The molecule has 0 atom stereocenters. The summed E-state index contributed by atoms with van der Waals surface area (Å²) in [6.07, 6.45) is 0. The molecule has 16 nitrogen and oxygen atoms in total. The van der Waals surface area contributed by atoms with Gasteiger partial charge in [-0.25, -0.2) is 0 Å². The molecule has 0 amide bonds. The Balaban J connectivity index is 1.46.